The molecule has 2 aromatic rings. The van der Waals surface area contributed by atoms with Crippen molar-refractivity contribution >= 4 is 56.2 Å². The van der Waals surface area contributed by atoms with Crippen molar-refractivity contribution in [3.05, 3.63) is 62.5 Å². The van der Waals surface area contributed by atoms with Crippen molar-refractivity contribution in [3.63, 3.8) is 0 Å². The third-order valence-electron chi connectivity index (χ3n) is 4.09. The molecule has 1 fully saturated rings. The summed E-state index contributed by atoms with van der Waals surface area (Å²) < 4.78 is 12.0. The third-order valence-corrected chi connectivity index (χ3v) is 6.06. The van der Waals surface area contributed by atoms with E-state index in [9.17, 15) is 4.79 Å². The van der Waals surface area contributed by atoms with Gasteiger partial charge in [0, 0.05) is 0 Å². The zero-order valence-electron chi connectivity index (χ0n) is 15.1. The summed E-state index contributed by atoms with van der Waals surface area (Å²) in [5.41, 5.74) is 3.06. The van der Waals surface area contributed by atoms with Gasteiger partial charge in [0.1, 0.15) is 4.32 Å². The van der Waals surface area contributed by atoms with Crippen LogP contribution in [0.4, 0.5) is 0 Å². The van der Waals surface area contributed by atoms with E-state index in [0.717, 1.165) is 15.6 Å². The highest BCUT2D eigenvalue weighted by Crippen LogP contribution is 2.39. The molecule has 0 N–H and O–H groups in total. The summed E-state index contributed by atoms with van der Waals surface area (Å²) in [6, 6.07) is 11.8. The lowest BCUT2D eigenvalue weighted by atomic mass is 10.1. The van der Waals surface area contributed by atoms with Crippen molar-refractivity contribution < 1.29 is 14.3 Å². The summed E-state index contributed by atoms with van der Waals surface area (Å²) in [5, 5.41) is 0. The average Bonchev–Trinajstić information content (AvgIpc) is 2.90. The van der Waals surface area contributed by atoms with E-state index < -0.39 is 0 Å². The van der Waals surface area contributed by atoms with Gasteiger partial charge in [0.05, 0.1) is 30.1 Å². The minimum Gasteiger partial charge on any atom is -0.493 e. The normalized spacial score (nSPS) is 15.6. The summed E-state index contributed by atoms with van der Waals surface area (Å²) in [4.78, 5) is 15.1. The molecule has 2 aromatic carbocycles. The number of hydrogen-bond acceptors (Lipinski definition) is 5. The van der Waals surface area contributed by atoms with Crippen LogP contribution in [0, 0.1) is 6.92 Å². The molecule has 0 aromatic heterocycles. The van der Waals surface area contributed by atoms with Gasteiger partial charge in [0.25, 0.3) is 5.91 Å². The number of amides is 1. The van der Waals surface area contributed by atoms with Crippen LogP contribution in [0.1, 0.15) is 16.7 Å². The smallest absolute Gasteiger partial charge is 0.266 e. The van der Waals surface area contributed by atoms with Crippen LogP contribution >= 0.6 is 39.9 Å². The summed E-state index contributed by atoms with van der Waals surface area (Å²) in [5.74, 6) is 1.12. The molecule has 0 atom stereocenters. The fourth-order valence-electron chi connectivity index (χ4n) is 2.68. The largest absolute Gasteiger partial charge is 0.493 e. The summed E-state index contributed by atoms with van der Waals surface area (Å²) >= 11 is 10.2. The van der Waals surface area contributed by atoms with E-state index in [1.165, 1.54) is 17.3 Å². The van der Waals surface area contributed by atoms with Gasteiger partial charge in [-0.25, -0.2) is 0 Å². The molecule has 1 saturated heterocycles. The van der Waals surface area contributed by atoms with Gasteiger partial charge in [0.2, 0.25) is 0 Å². The van der Waals surface area contributed by atoms with Crippen molar-refractivity contribution in [1.29, 1.82) is 0 Å². The number of benzene rings is 2. The van der Waals surface area contributed by atoms with Gasteiger partial charge in [-0.05, 0) is 52.2 Å². The lowest BCUT2D eigenvalue weighted by molar-refractivity contribution is -0.122. The SMILES string of the molecule is COc1cc(/C=C2\SC(=S)N(Cc3ccc(C)cc3)C2=O)cc(Br)c1OC. The highest BCUT2D eigenvalue weighted by Gasteiger charge is 2.32. The van der Waals surface area contributed by atoms with Gasteiger partial charge in [-0.2, -0.15) is 0 Å². The van der Waals surface area contributed by atoms with Crippen LogP contribution in [0.3, 0.4) is 0 Å². The number of rotatable bonds is 5. The predicted molar refractivity (Wildman–Crippen MR) is 117 cm³/mol. The highest BCUT2D eigenvalue weighted by atomic mass is 79.9. The Bertz CT molecular complexity index is 926. The zero-order valence-corrected chi connectivity index (χ0v) is 18.3. The fourth-order valence-corrected chi connectivity index (χ4v) is 4.56. The molecule has 27 heavy (non-hydrogen) atoms. The summed E-state index contributed by atoms with van der Waals surface area (Å²) in [6.07, 6.45) is 1.82. The topological polar surface area (TPSA) is 38.8 Å². The summed E-state index contributed by atoms with van der Waals surface area (Å²) in [6.45, 7) is 2.51. The van der Waals surface area contributed by atoms with E-state index in [1.54, 1.807) is 19.1 Å². The van der Waals surface area contributed by atoms with Crippen molar-refractivity contribution in [3.8, 4) is 11.5 Å². The first kappa shape index (κ1) is 19.9. The molecule has 140 valence electrons. The van der Waals surface area contributed by atoms with Crippen molar-refractivity contribution in [2.75, 3.05) is 14.2 Å². The molecule has 1 amide bonds. The molecule has 1 aliphatic rings. The monoisotopic (exact) mass is 463 g/mol. The van der Waals surface area contributed by atoms with Crippen molar-refractivity contribution in [2.24, 2.45) is 0 Å². The van der Waals surface area contributed by atoms with Gasteiger partial charge >= 0.3 is 0 Å². The number of thiocarbonyl (C=S) groups is 1. The molecule has 7 heteroatoms. The highest BCUT2D eigenvalue weighted by molar-refractivity contribution is 9.10. The number of carbonyl (C=O) groups excluding carboxylic acids is 1. The molecule has 0 saturated carbocycles. The lowest BCUT2D eigenvalue weighted by Gasteiger charge is -2.14. The molecular weight excluding hydrogens is 446 g/mol. The standard InChI is InChI=1S/C20H18BrNO3S2/c1-12-4-6-13(7-5-12)11-22-19(23)17(27-20(22)26)10-14-8-15(21)18(25-3)16(9-14)24-2/h4-10H,11H2,1-3H3/b17-10-. The zero-order chi connectivity index (χ0) is 19.6. The first-order valence-electron chi connectivity index (χ1n) is 8.15. The first-order valence-corrected chi connectivity index (χ1v) is 10.2. The Balaban J connectivity index is 1.86. The molecule has 0 aliphatic carbocycles. The second kappa shape index (κ2) is 8.46. The number of hydrogen-bond donors (Lipinski definition) is 0. The molecule has 1 aliphatic heterocycles. The van der Waals surface area contributed by atoms with Crippen LogP contribution in [-0.2, 0) is 11.3 Å². The first-order chi connectivity index (χ1) is 12.9. The molecule has 0 bridgehead atoms. The second-order valence-corrected chi connectivity index (χ2v) is 8.52. The Morgan fingerprint density at radius 3 is 2.52 bits per heavy atom. The Kier molecular flexibility index (Phi) is 6.24. The third kappa shape index (κ3) is 4.36. The Labute approximate surface area is 176 Å². The van der Waals surface area contributed by atoms with Crippen molar-refractivity contribution in [1.82, 2.24) is 4.90 Å². The van der Waals surface area contributed by atoms with Gasteiger partial charge < -0.3 is 9.47 Å². The minimum absolute atomic E-state index is 0.0866. The van der Waals surface area contributed by atoms with Gasteiger partial charge in [-0.1, -0.05) is 53.8 Å². The number of methoxy groups -OCH3 is 2. The maximum atomic E-state index is 12.8. The van der Waals surface area contributed by atoms with Crippen molar-refractivity contribution in [2.45, 2.75) is 13.5 Å². The number of thioether (sulfide) groups is 1. The minimum atomic E-state index is -0.0866. The van der Waals surface area contributed by atoms with E-state index in [1.807, 2.05) is 49.4 Å². The number of nitrogens with zero attached hydrogens (tertiary/aromatic N) is 1. The molecule has 4 nitrogen and oxygen atoms in total. The van der Waals surface area contributed by atoms with Crippen LogP contribution in [0.5, 0.6) is 11.5 Å². The van der Waals surface area contributed by atoms with Crippen LogP contribution in [-0.4, -0.2) is 29.3 Å². The quantitative estimate of drug-likeness (QED) is 0.451. The average molecular weight is 464 g/mol. The molecule has 1 heterocycles. The number of carbonyl (C=O) groups is 1. The maximum Gasteiger partial charge on any atom is 0.266 e. The van der Waals surface area contributed by atoms with Crippen LogP contribution in [0.2, 0.25) is 0 Å². The molecular formula is C20H18BrNO3S2. The van der Waals surface area contributed by atoms with Crippen LogP contribution in [0.25, 0.3) is 6.08 Å². The molecule has 3 rings (SSSR count). The predicted octanol–water partition coefficient (Wildman–Crippen LogP) is 5.18. The number of aryl methyl sites for hydroxylation is 1. The number of ether oxygens (including phenoxy) is 2. The van der Waals surface area contributed by atoms with Crippen LogP contribution in [0.15, 0.2) is 45.8 Å². The molecule has 0 radical (unpaired) electrons. The van der Waals surface area contributed by atoms with Gasteiger partial charge in [-0.15, -0.1) is 0 Å². The summed E-state index contributed by atoms with van der Waals surface area (Å²) in [7, 11) is 3.16. The molecule has 0 spiro atoms. The molecule has 0 unspecified atom stereocenters. The maximum absolute atomic E-state index is 12.8. The van der Waals surface area contributed by atoms with E-state index in [-0.39, 0.29) is 5.91 Å². The Morgan fingerprint density at radius 2 is 1.89 bits per heavy atom. The van der Waals surface area contributed by atoms with Crippen LogP contribution < -0.4 is 9.47 Å². The van der Waals surface area contributed by atoms with Gasteiger partial charge in [0.15, 0.2) is 11.5 Å². The van der Waals surface area contributed by atoms with E-state index in [0.29, 0.717) is 27.3 Å². The lowest BCUT2D eigenvalue weighted by Crippen LogP contribution is -2.27. The van der Waals surface area contributed by atoms with E-state index >= 15 is 0 Å². The Hall–Kier alpha value is -1.83. The fraction of sp³-hybridized carbons (Fsp3) is 0.200. The second-order valence-electron chi connectivity index (χ2n) is 5.99. The van der Waals surface area contributed by atoms with Gasteiger partial charge in [-0.3, -0.25) is 9.69 Å². The number of halogens is 1. The van der Waals surface area contributed by atoms with E-state index in [2.05, 4.69) is 15.9 Å². The van der Waals surface area contributed by atoms with E-state index in [4.69, 9.17) is 21.7 Å². The Morgan fingerprint density at radius 1 is 1.19 bits per heavy atom.